The van der Waals surface area contributed by atoms with Gasteiger partial charge in [-0.25, -0.2) is 17.6 Å². The van der Waals surface area contributed by atoms with E-state index in [1.165, 1.54) is 25.3 Å². The first-order valence-corrected chi connectivity index (χ1v) is 9.73. The summed E-state index contributed by atoms with van der Waals surface area (Å²) < 4.78 is 48.7. The van der Waals surface area contributed by atoms with Gasteiger partial charge >= 0.3 is 5.97 Å². The van der Waals surface area contributed by atoms with E-state index in [0.717, 1.165) is 6.07 Å². The highest BCUT2D eigenvalue weighted by atomic mass is 32.2. The van der Waals surface area contributed by atoms with Gasteiger partial charge in [0.05, 0.1) is 23.7 Å². The predicted octanol–water partition coefficient (Wildman–Crippen LogP) is 1.94. The van der Waals surface area contributed by atoms with Crippen LogP contribution in [0.1, 0.15) is 34.6 Å². The summed E-state index contributed by atoms with van der Waals surface area (Å²) in [6, 6.07) is 6.50. The number of ether oxygens (including phenoxy) is 2. The van der Waals surface area contributed by atoms with E-state index in [-0.39, 0.29) is 17.4 Å². The molecular formula is C18H19FN2O7S. The second-order valence-electron chi connectivity index (χ2n) is 6.04. The summed E-state index contributed by atoms with van der Waals surface area (Å²) in [4.78, 5) is 24.5. The fraction of sp³-hybridized carbons (Fsp3) is 0.222. The quantitative estimate of drug-likeness (QED) is 0.550. The van der Waals surface area contributed by atoms with Crippen molar-refractivity contribution in [2.75, 3.05) is 7.11 Å². The molecule has 0 unspecified atom stereocenters. The van der Waals surface area contributed by atoms with Crippen molar-refractivity contribution in [2.24, 2.45) is 0 Å². The van der Waals surface area contributed by atoms with Crippen LogP contribution >= 0.6 is 0 Å². The molecule has 0 radical (unpaired) electrons. The number of carbonyl (C=O) groups is 2. The van der Waals surface area contributed by atoms with Crippen LogP contribution in [0.15, 0.2) is 41.3 Å². The third-order valence-corrected chi connectivity index (χ3v) is 4.81. The molecule has 1 amide bonds. The monoisotopic (exact) mass is 426 g/mol. The zero-order valence-electron chi connectivity index (χ0n) is 15.7. The van der Waals surface area contributed by atoms with Crippen molar-refractivity contribution < 1.29 is 37.0 Å². The Bertz CT molecular complexity index is 1040. The number of nitrogens with one attached hydrogen (secondary N) is 2. The summed E-state index contributed by atoms with van der Waals surface area (Å²) in [5.41, 5.74) is 1.26. The van der Waals surface area contributed by atoms with Crippen molar-refractivity contribution in [2.45, 2.75) is 24.8 Å². The van der Waals surface area contributed by atoms with Gasteiger partial charge in [-0.05, 0) is 50.2 Å². The van der Waals surface area contributed by atoms with Gasteiger partial charge in [-0.1, -0.05) is 0 Å². The van der Waals surface area contributed by atoms with Crippen LogP contribution in [0.3, 0.4) is 0 Å². The topological polar surface area (TPSA) is 131 Å². The van der Waals surface area contributed by atoms with Gasteiger partial charge < -0.3 is 14.6 Å². The number of carboxylic acid groups (broad SMARTS) is 1. The average molecular weight is 426 g/mol. The van der Waals surface area contributed by atoms with Crippen molar-refractivity contribution in [3.63, 3.8) is 0 Å². The highest BCUT2D eigenvalue weighted by molar-refractivity contribution is 7.89. The number of sulfonamides is 1. The Labute approximate surface area is 166 Å². The average Bonchev–Trinajstić information content (AvgIpc) is 2.66. The van der Waals surface area contributed by atoms with Crippen LogP contribution in [-0.4, -0.2) is 38.6 Å². The number of hydrogen-bond donors (Lipinski definition) is 3. The van der Waals surface area contributed by atoms with E-state index in [0.29, 0.717) is 17.9 Å². The van der Waals surface area contributed by atoms with E-state index in [1.807, 2.05) is 24.1 Å². The third kappa shape index (κ3) is 5.42. The maximum Gasteiger partial charge on any atom is 0.338 e. The molecule has 3 N–H and O–H groups in total. The lowest BCUT2D eigenvalue weighted by atomic mass is 10.2. The van der Waals surface area contributed by atoms with Gasteiger partial charge in [-0.3, -0.25) is 10.2 Å². The fourth-order valence-corrected chi connectivity index (χ4v) is 3.11. The molecular weight excluding hydrogens is 407 g/mol. The van der Waals surface area contributed by atoms with Crippen LogP contribution in [-0.2, 0) is 10.0 Å². The minimum atomic E-state index is -4.34. The van der Waals surface area contributed by atoms with Crippen LogP contribution < -0.4 is 19.7 Å². The number of rotatable bonds is 8. The Hall–Kier alpha value is -3.18. The SMILES string of the molecule is COc1cc(C(=O)NNS(=O)(=O)c2ccc(F)c(C(=O)O)c2)ccc1OC(C)C. The molecule has 0 aliphatic carbocycles. The van der Waals surface area contributed by atoms with Gasteiger partial charge in [0.25, 0.3) is 15.9 Å². The first kappa shape index (κ1) is 22.1. The van der Waals surface area contributed by atoms with Crippen molar-refractivity contribution in [1.82, 2.24) is 10.3 Å². The molecule has 0 heterocycles. The van der Waals surface area contributed by atoms with Crippen LogP contribution in [0.25, 0.3) is 0 Å². The molecule has 2 aromatic carbocycles. The van der Waals surface area contributed by atoms with E-state index in [4.69, 9.17) is 14.6 Å². The van der Waals surface area contributed by atoms with Crippen LogP contribution in [0.2, 0.25) is 0 Å². The minimum Gasteiger partial charge on any atom is -0.493 e. The van der Waals surface area contributed by atoms with E-state index in [1.54, 1.807) is 0 Å². The van der Waals surface area contributed by atoms with E-state index < -0.39 is 38.2 Å². The van der Waals surface area contributed by atoms with Gasteiger partial charge in [0, 0.05) is 5.56 Å². The number of carboxylic acids is 1. The molecule has 2 rings (SSSR count). The maximum absolute atomic E-state index is 13.4. The smallest absolute Gasteiger partial charge is 0.338 e. The lowest BCUT2D eigenvalue weighted by Crippen LogP contribution is -2.41. The number of amides is 1. The zero-order chi connectivity index (χ0) is 21.8. The molecule has 0 bridgehead atoms. The molecule has 11 heteroatoms. The maximum atomic E-state index is 13.4. The first-order valence-electron chi connectivity index (χ1n) is 8.25. The summed E-state index contributed by atoms with van der Waals surface area (Å²) in [6.07, 6.45) is -0.123. The highest BCUT2D eigenvalue weighted by Crippen LogP contribution is 2.29. The Morgan fingerprint density at radius 3 is 2.38 bits per heavy atom. The van der Waals surface area contributed by atoms with Crippen molar-refractivity contribution in [3.8, 4) is 11.5 Å². The summed E-state index contributed by atoms with van der Waals surface area (Å²) in [6.45, 7) is 3.64. The fourth-order valence-electron chi connectivity index (χ4n) is 2.24. The van der Waals surface area contributed by atoms with Gasteiger partial charge in [0.1, 0.15) is 5.82 Å². The molecule has 0 saturated carbocycles. The van der Waals surface area contributed by atoms with E-state index >= 15 is 0 Å². The normalized spacial score (nSPS) is 11.2. The first-order chi connectivity index (χ1) is 13.5. The highest BCUT2D eigenvalue weighted by Gasteiger charge is 2.20. The summed E-state index contributed by atoms with van der Waals surface area (Å²) >= 11 is 0. The van der Waals surface area contributed by atoms with Gasteiger partial charge in [0.2, 0.25) is 0 Å². The summed E-state index contributed by atoms with van der Waals surface area (Å²) in [7, 11) is -2.95. The molecule has 0 aliphatic heterocycles. The molecule has 156 valence electrons. The van der Waals surface area contributed by atoms with Gasteiger partial charge in [-0.2, -0.15) is 0 Å². The Morgan fingerprint density at radius 2 is 1.79 bits per heavy atom. The van der Waals surface area contributed by atoms with Crippen LogP contribution in [0, 0.1) is 5.82 Å². The van der Waals surface area contributed by atoms with E-state index in [9.17, 15) is 22.4 Å². The van der Waals surface area contributed by atoms with Crippen molar-refractivity contribution in [3.05, 3.63) is 53.3 Å². The van der Waals surface area contributed by atoms with E-state index in [2.05, 4.69) is 0 Å². The largest absolute Gasteiger partial charge is 0.493 e. The lowest BCUT2D eigenvalue weighted by molar-refractivity contribution is 0.0691. The standard InChI is InChI=1S/C18H19FN2O7S/c1-10(2)28-15-7-4-11(8-16(15)27-3)17(22)20-21-29(25,26)12-5-6-14(19)13(9-12)18(23)24/h4-10,21H,1-3H3,(H,20,22)(H,23,24). The predicted molar refractivity (Wildman–Crippen MR) is 99.9 cm³/mol. The molecule has 0 spiro atoms. The molecule has 0 aromatic heterocycles. The van der Waals surface area contributed by atoms with Crippen molar-refractivity contribution >= 4 is 21.9 Å². The van der Waals surface area contributed by atoms with Gasteiger partial charge in [-0.15, -0.1) is 4.83 Å². The molecule has 0 aliphatic rings. The number of halogens is 1. The Balaban J connectivity index is 2.17. The Morgan fingerprint density at radius 1 is 1.10 bits per heavy atom. The zero-order valence-corrected chi connectivity index (χ0v) is 16.5. The number of benzene rings is 2. The number of hydrazine groups is 1. The molecule has 0 saturated heterocycles. The number of methoxy groups -OCH3 is 1. The van der Waals surface area contributed by atoms with Crippen molar-refractivity contribution in [1.29, 1.82) is 0 Å². The van der Waals surface area contributed by atoms with Crippen LogP contribution in [0.5, 0.6) is 11.5 Å². The lowest BCUT2D eigenvalue weighted by Gasteiger charge is -2.14. The third-order valence-electron chi connectivity index (χ3n) is 3.57. The second kappa shape index (κ2) is 8.88. The molecule has 2 aromatic rings. The number of aromatic carboxylic acids is 1. The second-order valence-corrected chi connectivity index (χ2v) is 7.72. The molecule has 0 fully saturated rings. The molecule has 0 atom stereocenters. The summed E-state index contributed by atoms with van der Waals surface area (Å²) in [5, 5.41) is 8.90. The van der Waals surface area contributed by atoms with Crippen LogP contribution in [0.4, 0.5) is 4.39 Å². The molecule has 9 nitrogen and oxygen atoms in total. The van der Waals surface area contributed by atoms with Gasteiger partial charge in [0.15, 0.2) is 11.5 Å². The molecule has 29 heavy (non-hydrogen) atoms. The Kier molecular flexibility index (Phi) is 6.77. The summed E-state index contributed by atoms with van der Waals surface area (Å²) in [5.74, 6) is -2.83. The number of carbonyl (C=O) groups excluding carboxylic acids is 1. The minimum absolute atomic E-state index is 0.0750. The number of hydrogen-bond acceptors (Lipinski definition) is 6.